The van der Waals surface area contributed by atoms with Crippen LogP contribution in [0.5, 0.6) is 0 Å². The molecule has 0 nitrogen and oxygen atoms in total. The van der Waals surface area contributed by atoms with Gasteiger partial charge in [-0.2, -0.15) is 0 Å². The van der Waals surface area contributed by atoms with Gasteiger partial charge in [-0.3, -0.25) is 0 Å². The standard InChI is InChI=1S/C10H16.H4Si/c1-8(2)10-6-4-9(3)5-7-10;/h4H,5-7H2,1-3H3;1H4. The van der Waals surface area contributed by atoms with Gasteiger partial charge >= 0.3 is 0 Å². The molecule has 0 N–H and O–H groups in total. The quantitative estimate of drug-likeness (QED) is 0.383. The van der Waals surface area contributed by atoms with Crippen LogP contribution in [0.1, 0.15) is 40.0 Å². The van der Waals surface area contributed by atoms with Gasteiger partial charge in [0.1, 0.15) is 0 Å². The minimum Gasteiger partial charge on any atom is -0.0815 e. The third-order valence-electron chi connectivity index (χ3n) is 2.23. The summed E-state index contributed by atoms with van der Waals surface area (Å²) < 4.78 is 0. The molecule has 0 atom stereocenters. The maximum Gasteiger partial charge on any atom is -0.0134 e. The monoisotopic (exact) mass is 168 g/mol. The third kappa shape index (κ3) is 3.06. The van der Waals surface area contributed by atoms with Crippen LogP contribution in [0.4, 0.5) is 0 Å². The number of allylic oxidation sites excluding steroid dienone is 4. The summed E-state index contributed by atoms with van der Waals surface area (Å²) in [5.74, 6) is 0. The molecule has 0 bridgehead atoms. The maximum atomic E-state index is 2.35. The zero-order valence-corrected chi connectivity index (χ0v) is 7.20. The minimum atomic E-state index is 0. The van der Waals surface area contributed by atoms with Gasteiger partial charge in [-0.05, 0) is 51.0 Å². The molecule has 0 aromatic heterocycles. The lowest BCUT2D eigenvalue weighted by atomic mass is 9.93. The van der Waals surface area contributed by atoms with Crippen molar-refractivity contribution in [3.8, 4) is 0 Å². The Labute approximate surface area is 74.4 Å². The van der Waals surface area contributed by atoms with E-state index in [0.29, 0.717) is 0 Å². The van der Waals surface area contributed by atoms with E-state index in [9.17, 15) is 0 Å². The molecule has 0 unspecified atom stereocenters. The second-order valence-corrected chi connectivity index (χ2v) is 3.36. The van der Waals surface area contributed by atoms with Gasteiger partial charge < -0.3 is 0 Å². The molecule has 0 aliphatic heterocycles. The summed E-state index contributed by atoms with van der Waals surface area (Å²) >= 11 is 0. The summed E-state index contributed by atoms with van der Waals surface area (Å²) in [6.45, 7) is 6.65. The average Bonchev–Trinajstić information content (AvgIpc) is 1.88. The van der Waals surface area contributed by atoms with Crippen molar-refractivity contribution in [3.63, 3.8) is 0 Å². The van der Waals surface area contributed by atoms with Crippen LogP contribution in [0.3, 0.4) is 0 Å². The molecule has 1 heteroatoms. The van der Waals surface area contributed by atoms with Crippen LogP contribution in [0, 0.1) is 0 Å². The Morgan fingerprint density at radius 2 is 1.91 bits per heavy atom. The Bertz CT molecular complexity index is 183. The molecular formula is C10H20Si. The van der Waals surface area contributed by atoms with Gasteiger partial charge in [0.15, 0.2) is 0 Å². The van der Waals surface area contributed by atoms with Gasteiger partial charge in [0.05, 0.1) is 0 Å². The van der Waals surface area contributed by atoms with E-state index in [1.54, 1.807) is 11.1 Å². The van der Waals surface area contributed by atoms with Crippen molar-refractivity contribution in [3.05, 3.63) is 22.8 Å². The first-order valence-electron chi connectivity index (χ1n) is 4.01. The molecule has 1 aliphatic rings. The average molecular weight is 168 g/mol. The predicted molar refractivity (Wildman–Crippen MR) is 57.3 cm³/mol. The van der Waals surface area contributed by atoms with Crippen molar-refractivity contribution < 1.29 is 0 Å². The SMILES string of the molecule is CC1=CCC(=C(C)C)CC1.[SiH4]. The summed E-state index contributed by atoms with van der Waals surface area (Å²) in [6.07, 6.45) is 6.13. The number of hydrogen-bond acceptors (Lipinski definition) is 0. The van der Waals surface area contributed by atoms with E-state index in [2.05, 4.69) is 26.8 Å². The van der Waals surface area contributed by atoms with Gasteiger partial charge in [-0.15, -0.1) is 0 Å². The summed E-state index contributed by atoms with van der Waals surface area (Å²) in [4.78, 5) is 0. The van der Waals surface area contributed by atoms with E-state index in [-0.39, 0.29) is 11.0 Å². The highest BCUT2D eigenvalue weighted by molar-refractivity contribution is 5.75. The zero-order chi connectivity index (χ0) is 7.56. The Morgan fingerprint density at radius 3 is 2.27 bits per heavy atom. The van der Waals surface area contributed by atoms with Gasteiger partial charge in [-0.1, -0.05) is 22.8 Å². The zero-order valence-electron chi connectivity index (χ0n) is 7.20. The highest BCUT2D eigenvalue weighted by Gasteiger charge is 2.04. The van der Waals surface area contributed by atoms with Crippen LogP contribution in [0.15, 0.2) is 22.8 Å². The van der Waals surface area contributed by atoms with Gasteiger partial charge in [-0.25, -0.2) is 0 Å². The fourth-order valence-corrected chi connectivity index (χ4v) is 1.30. The van der Waals surface area contributed by atoms with Crippen molar-refractivity contribution in [1.82, 2.24) is 0 Å². The highest BCUT2D eigenvalue weighted by atomic mass is 28.1. The van der Waals surface area contributed by atoms with Crippen LogP contribution in [-0.2, 0) is 0 Å². The van der Waals surface area contributed by atoms with Crippen LogP contribution in [-0.4, -0.2) is 11.0 Å². The molecule has 11 heavy (non-hydrogen) atoms. The summed E-state index contributed by atoms with van der Waals surface area (Å²) in [5, 5.41) is 0. The van der Waals surface area contributed by atoms with Crippen LogP contribution < -0.4 is 0 Å². The van der Waals surface area contributed by atoms with E-state index in [4.69, 9.17) is 0 Å². The van der Waals surface area contributed by atoms with Crippen molar-refractivity contribution in [2.75, 3.05) is 0 Å². The molecule has 0 saturated carbocycles. The van der Waals surface area contributed by atoms with E-state index in [0.717, 1.165) is 0 Å². The van der Waals surface area contributed by atoms with Crippen molar-refractivity contribution in [2.24, 2.45) is 0 Å². The lowest BCUT2D eigenvalue weighted by Gasteiger charge is -2.13. The topological polar surface area (TPSA) is 0 Å². The normalized spacial score (nSPS) is 17.0. The summed E-state index contributed by atoms with van der Waals surface area (Å²) in [7, 11) is 0. The van der Waals surface area contributed by atoms with E-state index >= 15 is 0 Å². The fraction of sp³-hybridized carbons (Fsp3) is 0.600. The van der Waals surface area contributed by atoms with Crippen LogP contribution >= 0.6 is 0 Å². The lowest BCUT2D eigenvalue weighted by Crippen LogP contribution is -1.93. The first-order valence-corrected chi connectivity index (χ1v) is 4.01. The van der Waals surface area contributed by atoms with Crippen molar-refractivity contribution in [1.29, 1.82) is 0 Å². The molecule has 0 fully saturated rings. The Hall–Kier alpha value is -0.303. The highest BCUT2D eigenvalue weighted by Crippen LogP contribution is 2.24. The maximum absolute atomic E-state index is 2.35. The summed E-state index contributed by atoms with van der Waals surface area (Å²) in [5.41, 5.74) is 4.72. The Kier molecular flexibility index (Phi) is 4.42. The van der Waals surface area contributed by atoms with Gasteiger partial charge in [0.2, 0.25) is 0 Å². The largest absolute Gasteiger partial charge is 0.0815 e. The van der Waals surface area contributed by atoms with Gasteiger partial charge in [0, 0.05) is 0 Å². The molecular weight excluding hydrogens is 148 g/mol. The number of rotatable bonds is 0. The molecule has 0 aromatic carbocycles. The molecule has 0 saturated heterocycles. The fourth-order valence-electron chi connectivity index (χ4n) is 1.30. The van der Waals surface area contributed by atoms with Crippen molar-refractivity contribution >= 4 is 11.0 Å². The molecule has 0 heterocycles. The van der Waals surface area contributed by atoms with E-state index < -0.39 is 0 Å². The first kappa shape index (κ1) is 10.7. The van der Waals surface area contributed by atoms with Crippen molar-refractivity contribution in [2.45, 2.75) is 40.0 Å². The molecule has 0 radical (unpaired) electrons. The first-order chi connectivity index (χ1) is 4.70. The second kappa shape index (κ2) is 4.55. The molecule has 0 aromatic rings. The van der Waals surface area contributed by atoms with Crippen LogP contribution in [0.25, 0.3) is 0 Å². The predicted octanol–water partition coefficient (Wildman–Crippen LogP) is 2.00. The van der Waals surface area contributed by atoms with E-state index in [1.807, 2.05) is 0 Å². The number of hydrogen-bond donors (Lipinski definition) is 0. The Morgan fingerprint density at radius 1 is 1.27 bits per heavy atom. The lowest BCUT2D eigenvalue weighted by molar-refractivity contribution is 0.834. The molecule has 1 rings (SSSR count). The minimum absolute atomic E-state index is 0. The van der Waals surface area contributed by atoms with E-state index in [1.165, 1.54) is 24.8 Å². The smallest absolute Gasteiger partial charge is 0.0134 e. The Balaban J connectivity index is 0.000001000. The van der Waals surface area contributed by atoms with Crippen LogP contribution in [0.2, 0.25) is 0 Å². The molecule has 64 valence electrons. The molecule has 1 aliphatic carbocycles. The van der Waals surface area contributed by atoms with Gasteiger partial charge in [0.25, 0.3) is 0 Å². The molecule has 0 amide bonds. The summed E-state index contributed by atoms with van der Waals surface area (Å²) in [6, 6.07) is 0. The second-order valence-electron chi connectivity index (χ2n) is 3.36. The molecule has 0 spiro atoms. The third-order valence-corrected chi connectivity index (χ3v) is 2.23.